The Labute approximate surface area is 127 Å². The first kappa shape index (κ1) is 16.7. The van der Waals surface area contributed by atoms with Crippen molar-refractivity contribution >= 4 is 11.6 Å². The van der Waals surface area contributed by atoms with Crippen LogP contribution in [0.1, 0.15) is 5.56 Å². The van der Waals surface area contributed by atoms with E-state index in [0.717, 1.165) is 36.4 Å². The van der Waals surface area contributed by atoms with Crippen LogP contribution in [0.15, 0.2) is 42.5 Å². The number of anilines is 1. The minimum absolute atomic E-state index is 0.00143. The molecule has 0 bridgehead atoms. The summed E-state index contributed by atoms with van der Waals surface area (Å²) in [6.45, 7) is -0.583. The maximum atomic E-state index is 13.0. The lowest BCUT2D eigenvalue weighted by Gasteiger charge is -2.10. The number of alkyl halides is 3. The molecule has 0 radical (unpaired) electrons. The first-order valence-corrected chi connectivity index (χ1v) is 6.30. The fourth-order valence-corrected chi connectivity index (χ4v) is 1.68. The van der Waals surface area contributed by atoms with Crippen LogP contribution in [0.5, 0.6) is 5.75 Å². The fraction of sp³-hybridized carbons (Fsp3) is 0.133. The molecule has 0 atom stereocenters. The molecule has 2 aromatic rings. The quantitative estimate of drug-likeness (QED) is 0.860. The Morgan fingerprint density at radius 3 is 2.43 bits per heavy atom. The highest BCUT2D eigenvalue weighted by molar-refractivity contribution is 5.91. The molecule has 122 valence electrons. The highest BCUT2D eigenvalue weighted by Crippen LogP contribution is 2.31. The van der Waals surface area contributed by atoms with Crippen LogP contribution in [0, 0.1) is 11.6 Å². The van der Waals surface area contributed by atoms with Gasteiger partial charge < -0.3 is 10.1 Å². The Morgan fingerprint density at radius 2 is 1.78 bits per heavy atom. The molecule has 8 heteroatoms. The minimum atomic E-state index is -4.52. The normalized spacial score (nSPS) is 11.2. The first-order valence-electron chi connectivity index (χ1n) is 6.30. The highest BCUT2D eigenvalue weighted by Gasteiger charge is 2.30. The lowest BCUT2D eigenvalue weighted by Crippen LogP contribution is -2.20. The number of amides is 1. The van der Waals surface area contributed by atoms with E-state index < -0.39 is 35.9 Å². The van der Waals surface area contributed by atoms with Crippen LogP contribution >= 0.6 is 0 Å². The molecule has 0 aromatic heterocycles. The van der Waals surface area contributed by atoms with Gasteiger partial charge in [0, 0.05) is 11.8 Å². The van der Waals surface area contributed by atoms with Gasteiger partial charge in [0.2, 0.25) is 0 Å². The van der Waals surface area contributed by atoms with Crippen molar-refractivity contribution in [2.75, 3.05) is 11.9 Å². The largest absolute Gasteiger partial charge is 0.484 e. The number of hydrogen-bond donors (Lipinski definition) is 1. The van der Waals surface area contributed by atoms with Gasteiger partial charge in [0.05, 0.1) is 5.56 Å². The predicted octanol–water partition coefficient (Wildman–Crippen LogP) is 4.00. The number of carbonyl (C=O) groups is 1. The number of hydrogen-bond acceptors (Lipinski definition) is 2. The van der Waals surface area contributed by atoms with Crippen molar-refractivity contribution in [3.8, 4) is 5.75 Å². The van der Waals surface area contributed by atoms with Crippen LogP contribution in [-0.2, 0) is 11.0 Å². The zero-order chi connectivity index (χ0) is 17.0. The van der Waals surface area contributed by atoms with Crippen molar-refractivity contribution in [1.29, 1.82) is 0 Å². The summed E-state index contributed by atoms with van der Waals surface area (Å²) >= 11 is 0. The van der Waals surface area contributed by atoms with E-state index in [4.69, 9.17) is 4.74 Å². The SMILES string of the molecule is O=C(COc1cccc(C(F)(F)F)c1)Nc1ccc(F)c(F)c1. The molecule has 23 heavy (non-hydrogen) atoms. The van der Waals surface area contributed by atoms with E-state index in [2.05, 4.69) is 5.32 Å². The Balaban J connectivity index is 1.95. The molecule has 1 amide bonds. The van der Waals surface area contributed by atoms with Crippen molar-refractivity contribution in [1.82, 2.24) is 0 Å². The maximum Gasteiger partial charge on any atom is 0.416 e. The molecule has 0 fully saturated rings. The van der Waals surface area contributed by atoms with Crippen molar-refractivity contribution in [2.24, 2.45) is 0 Å². The van der Waals surface area contributed by atoms with Gasteiger partial charge >= 0.3 is 6.18 Å². The zero-order valence-electron chi connectivity index (χ0n) is 11.5. The van der Waals surface area contributed by atoms with Gasteiger partial charge in [0.25, 0.3) is 5.91 Å². The van der Waals surface area contributed by atoms with Crippen LogP contribution in [0.25, 0.3) is 0 Å². The van der Waals surface area contributed by atoms with Crippen LogP contribution in [-0.4, -0.2) is 12.5 Å². The molecule has 2 rings (SSSR count). The third-order valence-corrected chi connectivity index (χ3v) is 2.73. The summed E-state index contributed by atoms with van der Waals surface area (Å²) in [6, 6.07) is 6.78. The average Bonchev–Trinajstić information content (AvgIpc) is 2.48. The van der Waals surface area contributed by atoms with Crippen molar-refractivity contribution in [3.05, 3.63) is 59.7 Å². The number of carbonyl (C=O) groups excluding carboxylic acids is 1. The summed E-state index contributed by atoms with van der Waals surface area (Å²) in [5, 5.41) is 2.23. The van der Waals surface area contributed by atoms with Gasteiger partial charge in [0.1, 0.15) is 5.75 Å². The predicted molar refractivity (Wildman–Crippen MR) is 71.9 cm³/mol. The number of benzene rings is 2. The van der Waals surface area contributed by atoms with E-state index in [9.17, 15) is 26.7 Å². The number of ether oxygens (including phenoxy) is 1. The molecule has 0 unspecified atom stereocenters. The second-order valence-corrected chi connectivity index (χ2v) is 4.49. The second-order valence-electron chi connectivity index (χ2n) is 4.49. The molecule has 0 saturated carbocycles. The van der Waals surface area contributed by atoms with Gasteiger partial charge in [-0.25, -0.2) is 8.78 Å². The fourth-order valence-electron chi connectivity index (χ4n) is 1.68. The van der Waals surface area contributed by atoms with Gasteiger partial charge in [-0.05, 0) is 30.3 Å². The first-order chi connectivity index (χ1) is 10.8. The van der Waals surface area contributed by atoms with E-state index in [0.29, 0.717) is 0 Å². The summed E-state index contributed by atoms with van der Waals surface area (Å²) in [4.78, 5) is 11.6. The van der Waals surface area contributed by atoms with E-state index in [1.807, 2.05) is 0 Å². The maximum absolute atomic E-state index is 13.0. The summed E-state index contributed by atoms with van der Waals surface area (Å²) < 4.78 is 68.2. The minimum Gasteiger partial charge on any atom is -0.484 e. The topological polar surface area (TPSA) is 38.3 Å². The lowest BCUT2D eigenvalue weighted by molar-refractivity contribution is -0.137. The number of halogens is 5. The average molecular weight is 331 g/mol. The summed E-state index contributed by atoms with van der Waals surface area (Å²) in [5.41, 5.74) is -0.905. The van der Waals surface area contributed by atoms with Crippen LogP contribution in [0.4, 0.5) is 27.6 Å². The van der Waals surface area contributed by atoms with Crippen LogP contribution in [0.3, 0.4) is 0 Å². The molecule has 0 heterocycles. The third-order valence-electron chi connectivity index (χ3n) is 2.73. The molecular formula is C15H10F5NO2. The second kappa shape index (κ2) is 6.64. The van der Waals surface area contributed by atoms with Gasteiger partial charge in [-0.3, -0.25) is 4.79 Å². The van der Waals surface area contributed by atoms with E-state index in [1.54, 1.807) is 0 Å². The molecule has 1 N–H and O–H groups in total. The van der Waals surface area contributed by atoms with Crippen LogP contribution < -0.4 is 10.1 Å². The summed E-state index contributed by atoms with van der Waals surface area (Å²) in [6.07, 6.45) is -4.52. The third kappa shape index (κ3) is 4.67. The van der Waals surface area contributed by atoms with Gasteiger partial charge in [-0.15, -0.1) is 0 Å². The standard InChI is InChI=1S/C15H10F5NO2/c16-12-5-4-10(7-13(12)17)21-14(22)8-23-11-3-1-2-9(6-11)15(18,19)20/h1-7H,8H2,(H,21,22). The number of rotatable bonds is 4. The highest BCUT2D eigenvalue weighted by atomic mass is 19.4. The molecular weight excluding hydrogens is 321 g/mol. The smallest absolute Gasteiger partial charge is 0.416 e. The summed E-state index contributed by atoms with van der Waals surface area (Å²) in [5.74, 6) is -3.07. The van der Waals surface area contributed by atoms with E-state index >= 15 is 0 Å². The van der Waals surface area contributed by atoms with Gasteiger partial charge in [-0.1, -0.05) is 6.07 Å². The van der Waals surface area contributed by atoms with Gasteiger partial charge in [0.15, 0.2) is 18.2 Å². The van der Waals surface area contributed by atoms with E-state index in [1.165, 1.54) is 6.07 Å². The molecule has 0 aliphatic heterocycles. The number of nitrogens with one attached hydrogen (secondary N) is 1. The lowest BCUT2D eigenvalue weighted by atomic mass is 10.2. The molecule has 0 aliphatic rings. The molecule has 2 aromatic carbocycles. The zero-order valence-corrected chi connectivity index (χ0v) is 11.5. The molecule has 3 nitrogen and oxygen atoms in total. The molecule has 0 aliphatic carbocycles. The Hall–Kier alpha value is -2.64. The molecule has 0 saturated heterocycles. The Kier molecular flexibility index (Phi) is 4.83. The van der Waals surface area contributed by atoms with Gasteiger partial charge in [-0.2, -0.15) is 13.2 Å². The van der Waals surface area contributed by atoms with Crippen LogP contribution in [0.2, 0.25) is 0 Å². The van der Waals surface area contributed by atoms with Crippen molar-refractivity contribution in [2.45, 2.75) is 6.18 Å². The monoisotopic (exact) mass is 331 g/mol. The Bertz CT molecular complexity index is 715. The summed E-state index contributed by atoms with van der Waals surface area (Å²) in [7, 11) is 0. The van der Waals surface area contributed by atoms with E-state index in [-0.39, 0.29) is 11.4 Å². The van der Waals surface area contributed by atoms with Crippen molar-refractivity contribution < 1.29 is 31.5 Å². The Morgan fingerprint density at radius 1 is 1.04 bits per heavy atom. The molecule has 0 spiro atoms. The van der Waals surface area contributed by atoms with Crippen molar-refractivity contribution in [3.63, 3.8) is 0 Å².